The fourth-order valence-electron chi connectivity index (χ4n) is 5.63. The van der Waals surface area contributed by atoms with E-state index in [9.17, 15) is 9.59 Å². The molecule has 1 atom stereocenters. The fourth-order valence-corrected chi connectivity index (χ4v) is 7.04. The molecule has 4 aromatic rings. The van der Waals surface area contributed by atoms with E-state index in [1.165, 1.54) is 36.3 Å². The number of benzene rings is 3. The van der Waals surface area contributed by atoms with Gasteiger partial charge in [0.05, 0.1) is 28.5 Å². The van der Waals surface area contributed by atoms with Crippen molar-refractivity contribution in [3.05, 3.63) is 121 Å². The van der Waals surface area contributed by atoms with Crippen molar-refractivity contribution in [1.82, 2.24) is 4.57 Å². The van der Waals surface area contributed by atoms with Crippen LogP contribution in [0, 0.1) is 0 Å². The lowest BCUT2D eigenvalue weighted by molar-refractivity contribution is -0.138. The zero-order valence-corrected chi connectivity index (χ0v) is 25.4. The Hall–Kier alpha value is -3.88. The van der Waals surface area contributed by atoms with Gasteiger partial charge in [0, 0.05) is 29.2 Å². The van der Waals surface area contributed by atoms with E-state index < -0.39 is 12.0 Å². The maximum atomic E-state index is 14.1. The molecule has 1 saturated heterocycles. The third-order valence-electron chi connectivity index (χ3n) is 7.72. The Morgan fingerprint density at radius 1 is 1.00 bits per heavy atom. The minimum absolute atomic E-state index is 0.174. The van der Waals surface area contributed by atoms with Crippen molar-refractivity contribution in [2.24, 2.45) is 4.99 Å². The number of anilines is 1. The second-order valence-corrected chi connectivity index (χ2v) is 12.2. The Bertz CT molecular complexity index is 1780. The average molecular weight is 596 g/mol. The van der Waals surface area contributed by atoms with Crippen molar-refractivity contribution in [3.8, 4) is 0 Å². The number of piperidine rings is 1. The van der Waals surface area contributed by atoms with Crippen LogP contribution in [0.25, 0.3) is 11.8 Å². The summed E-state index contributed by atoms with van der Waals surface area (Å²) in [6.45, 7) is 4.18. The lowest BCUT2D eigenvalue weighted by atomic mass is 9.93. The number of carbonyl (C=O) groups excluding carboxylic acids is 1. The largest absolute Gasteiger partial charge is 0.463 e. The first-order chi connectivity index (χ1) is 20.6. The fraction of sp³-hybridized carbons (Fsp3) is 0.265. The summed E-state index contributed by atoms with van der Waals surface area (Å²) < 4.78 is 7.79. The molecule has 1 fully saturated rings. The molecule has 8 heteroatoms. The molecule has 6 rings (SSSR count). The van der Waals surface area contributed by atoms with E-state index in [1.807, 2.05) is 66.9 Å². The Morgan fingerprint density at radius 2 is 1.71 bits per heavy atom. The number of hydrogen-bond acceptors (Lipinski definition) is 7. The zero-order valence-electron chi connectivity index (χ0n) is 23.8. The molecule has 0 aliphatic carbocycles. The average Bonchev–Trinajstić information content (AvgIpc) is 3.35. The second kappa shape index (κ2) is 12.5. The summed E-state index contributed by atoms with van der Waals surface area (Å²) in [6.07, 6.45) is 7.69. The highest BCUT2D eigenvalue weighted by molar-refractivity contribution is 7.98. The maximum absolute atomic E-state index is 14.1. The summed E-state index contributed by atoms with van der Waals surface area (Å²) in [7, 11) is 0. The van der Waals surface area contributed by atoms with Crippen molar-refractivity contribution in [2.45, 2.75) is 37.1 Å². The zero-order chi connectivity index (χ0) is 29.1. The van der Waals surface area contributed by atoms with Crippen LogP contribution in [0.15, 0.2) is 99.1 Å². The number of thiazole rings is 1. The summed E-state index contributed by atoms with van der Waals surface area (Å²) >= 11 is 2.99. The summed E-state index contributed by atoms with van der Waals surface area (Å²) in [4.78, 5) is 36.7. The van der Waals surface area contributed by atoms with E-state index in [1.54, 1.807) is 23.3 Å². The van der Waals surface area contributed by atoms with Crippen LogP contribution >= 0.6 is 23.1 Å². The molecule has 0 amide bonds. The maximum Gasteiger partial charge on any atom is 0.338 e. The van der Waals surface area contributed by atoms with Crippen molar-refractivity contribution in [2.75, 3.05) is 30.9 Å². The number of nitrogens with zero attached hydrogens (tertiary/aromatic N) is 3. The van der Waals surface area contributed by atoms with Gasteiger partial charge in [-0.15, -0.1) is 11.8 Å². The van der Waals surface area contributed by atoms with Gasteiger partial charge < -0.3 is 9.64 Å². The minimum atomic E-state index is -0.671. The van der Waals surface area contributed by atoms with E-state index in [-0.39, 0.29) is 12.2 Å². The molecule has 42 heavy (non-hydrogen) atoms. The predicted molar refractivity (Wildman–Crippen MR) is 172 cm³/mol. The van der Waals surface area contributed by atoms with Crippen LogP contribution < -0.4 is 19.8 Å². The quantitative estimate of drug-likeness (QED) is 0.204. The summed E-state index contributed by atoms with van der Waals surface area (Å²) in [5, 5.41) is 0. The molecule has 0 spiro atoms. The number of carbonyl (C=O) groups is 1. The molecule has 0 N–H and O–H groups in total. The van der Waals surface area contributed by atoms with Crippen LogP contribution in [0.5, 0.6) is 0 Å². The molecule has 0 bridgehead atoms. The Morgan fingerprint density at radius 3 is 2.38 bits per heavy atom. The first kappa shape index (κ1) is 28.2. The van der Waals surface area contributed by atoms with Gasteiger partial charge in [-0.1, -0.05) is 65.9 Å². The highest BCUT2D eigenvalue weighted by Gasteiger charge is 2.35. The van der Waals surface area contributed by atoms with Crippen molar-refractivity contribution < 1.29 is 9.53 Å². The number of ether oxygens (including phenoxy) is 1. The van der Waals surface area contributed by atoms with Crippen LogP contribution in [0.1, 0.15) is 48.9 Å². The Balaban J connectivity index is 1.51. The van der Waals surface area contributed by atoms with E-state index in [2.05, 4.69) is 29.2 Å². The number of aromatic nitrogens is 1. The molecular weight excluding hydrogens is 563 g/mol. The molecule has 214 valence electrons. The minimum Gasteiger partial charge on any atom is -0.463 e. The highest BCUT2D eigenvalue weighted by Crippen LogP contribution is 2.35. The number of fused-ring (bicyclic) bond motifs is 1. The molecule has 1 aromatic heterocycles. The summed E-state index contributed by atoms with van der Waals surface area (Å²) in [5.41, 5.74) is 4.53. The van der Waals surface area contributed by atoms with Gasteiger partial charge in [0.15, 0.2) is 4.80 Å². The molecule has 3 aromatic carbocycles. The van der Waals surface area contributed by atoms with Gasteiger partial charge in [0.2, 0.25) is 0 Å². The second-order valence-electron chi connectivity index (χ2n) is 10.3. The molecule has 6 nitrogen and oxygen atoms in total. The van der Waals surface area contributed by atoms with Gasteiger partial charge >= 0.3 is 5.97 Å². The molecule has 2 aliphatic heterocycles. The number of thioether (sulfide) groups is 1. The van der Waals surface area contributed by atoms with E-state index >= 15 is 0 Å². The molecule has 3 heterocycles. The molecular formula is C34H33N3O3S2. The van der Waals surface area contributed by atoms with Crippen LogP contribution in [0.4, 0.5) is 5.69 Å². The normalized spacial score (nSPS) is 17.1. The SMILES string of the molecule is CCOC(=O)C1=C(c2ccccc2)N=c2s/c(=C/c3ccc(N4CCCCC4)cc3)c(=O)n2[C@@H]1c1ccc(SC)cc1. The van der Waals surface area contributed by atoms with Crippen molar-refractivity contribution >= 4 is 46.5 Å². The molecule has 0 saturated carbocycles. The first-order valence-electron chi connectivity index (χ1n) is 14.3. The lowest BCUT2D eigenvalue weighted by Gasteiger charge is -2.28. The van der Waals surface area contributed by atoms with Crippen LogP contribution in [-0.2, 0) is 9.53 Å². The van der Waals surface area contributed by atoms with Crippen LogP contribution in [-0.4, -0.2) is 36.5 Å². The Labute approximate surface area is 253 Å². The van der Waals surface area contributed by atoms with Gasteiger partial charge in [0.25, 0.3) is 5.56 Å². The van der Waals surface area contributed by atoms with Gasteiger partial charge in [-0.25, -0.2) is 9.79 Å². The van der Waals surface area contributed by atoms with Crippen molar-refractivity contribution in [3.63, 3.8) is 0 Å². The van der Waals surface area contributed by atoms with Crippen LogP contribution in [0.3, 0.4) is 0 Å². The van der Waals surface area contributed by atoms with Gasteiger partial charge in [-0.2, -0.15) is 0 Å². The molecule has 0 radical (unpaired) electrons. The first-order valence-corrected chi connectivity index (χ1v) is 16.4. The third-order valence-corrected chi connectivity index (χ3v) is 9.44. The van der Waals surface area contributed by atoms with E-state index in [0.29, 0.717) is 20.6 Å². The van der Waals surface area contributed by atoms with E-state index in [0.717, 1.165) is 34.7 Å². The Kier molecular flexibility index (Phi) is 8.44. The topological polar surface area (TPSA) is 63.9 Å². The molecule has 0 unspecified atom stereocenters. The monoisotopic (exact) mass is 595 g/mol. The lowest BCUT2D eigenvalue weighted by Crippen LogP contribution is -2.40. The highest BCUT2D eigenvalue weighted by atomic mass is 32.2. The van der Waals surface area contributed by atoms with E-state index in [4.69, 9.17) is 9.73 Å². The van der Waals surface area contributed by atoms with Gasteiger partial charge in [0.1, 0.15) is 0 Å². The number of hydrogen-bond donors (Lipinski definition) is 0. The number of rotatable bonds is 7. The van der Waals surface area contributed by atoms with Crippen LogP contribution in [0.2, 0.25) is 0 Å². The third kappa shape index (κ3) is 5.61. The standard InChI is InChI=1S/C34H33N3O3S2/c1-3-40-33(39)29-30(24-10-6-4-7-11-24)35-34-37(31(29)25-14-18-27(41-2)19-15-25)32(38)28(42-34)22-23-12-16-26(17-13-23)36-20-8-5-9-21-36/h4,6-7,10-19,22,31H,3,5,8-9,20-21H2,1-2H3/b28-22+/t31-/m1/s1. The smallest absolute Gasteiger partial charge is 0.338 e. The van der Waals surface area contributed by atoms with Gasteiger partial charge in [-0.05, 0) is 73.9 Å². The van der Waals surface area contributed by atoms with Gasteiger partial charge in [-0.3, -0.25) is 9.36 Å². The van der Waals surface area contributed by atoms with Crippen molar-refractivity contribution in [1.29, 1.82) is 0 Å². The summed E-state index contributed by atoms with van der Waals surface area (Å²) in [5.74, 6) is -0.471. The predicted octanol–water partition coefficient (Wildman–Crippen LogP) is 5.65. The molecule has 2 aliphatic rings. The number of esters is 1. The summed E-state index contributed by atoms with van der Waals surface area (Å²) in [6, 6.07) is 25.4.